The van der Waals surface area contributed by atoms with Crippen LogP contribution in [0.5, 0.6) is 0 Å². The average molecular weight is 198 g/mol. The van der Waals surface area contributed by atoms with E-state index in [1.807, 2.05) is 0 Å². The largest absolute Gasteiger partial charge is 0.381 e. The molecule has 2 saturated heterocycles. The highest BCUT2D eigenvalue weighted by Gasteiger charge is 2.25. The Bertz CT molecular complexity index is 169. The Hall–Kier alpha value is -0.120. The summed E-state index contributed by atoms with van der Waals surface area (Å²) in [5.74, 6) is 1.67. The van der Waals surface area contributed by atoms with Gasteiger partial charge in [-0.25, -0.2) is 0 Å². The SMILES string of the molecule is NCCC1CCCN(CC2COC2)C1. The third-order valence-electron chi connectivity index (χ3n) is 3.40. The molecule has 2 N–H and O–H groups in total. The molecule has 14 heavy (non-hydrogen) atoms. The van der Waals surface area contributed by atoms with Gasteiger partial charge < -0.3 is 15.4 Å². The van der Waals surface area contributed by atoms with Crippen LogP contribution >= 0.6 is 0 Å². The Balaban J connectivity index is 1.69. The number of ether oxygens (including phenoxy) is 1. The van der Waals surface area contributed by atoms with E-state index in [2.05, 4.69) is 4.90 Å². The first kappa shape index (κ1) is 10.4. The number of nitrogens with two attached hydrogens (primary N) is 1. The van der Waals surface area contributed by atoms with Crippen molar-refractivity contribution in [3.63, 3.8) is 0 Å². The van der Waals surface area contributed by atoms with E-state index < -0.39 is 0 Å². The molecule has 0 aromatic heterocycles. The third kappa shape index (κ3) is 2.69. The van der Waals surface area contributed by atoms with Gasteiger partial charge in [0.15, 0.2) is 0 Å². The molecule has 0 aromatic rings. The second-order valence-corrected chi connectivity index (χ2v) is 4.75. The van der Waals surface area contributed by atoms with E-state index >= 15 is 0 Å². The molecule has 0 radical (unpaired) electrons. The molecule has 0 bridgehead atoms. The van der Waals surface area contributed by atoms with Crippen molar-refractivity contribution < 1.29 is 4.74 Å². The Morgan fingerprint density at radius 2 is 2.14 bits per heavy atom. The molecule has 1 unspecified atom stereocenters. The van der Waals surface area contributed by atoms with Gasteiger partial charge >= 0.3 is 0 Å². The van der Waals surface area contributed by atoms with Gasteiger partial charge in [-0.05, 0) is 38.3 Å². The van der Waals surface area contributed by atoms with Gasteiger partial charge in [-0.3, -0.25) is 0 Å². The predicted molar refractivity (Wildman–Crippen MR) is 57.1 cm³/mol. The van der Waals surface area contributed by atoms with Crippen molar-refractivity contribution in [2.75, 3.05) is 39.4 Å². The summed E-state index contributed by atoms with van der Waals surface area (Å²) in [5, 5.41) is 0. The minimum absolute atomic E-state index is 0.812. The molecule has 0 saturated carbocycles. The molecule has 82 valence electrons. The van der Waals surface area contributed by atoms with Gasteiger partial charge in [0, 0.05) is 19.0 Å². The maximum Gasteiger partial charge on any atom is 0.0528 e. The standard InChI is InChI=1S/C11H22N2O/c12-4-3-10-2-1-5-13(6-10)7-11-8-14-9-11/h10-11H,1-9,12H2. The van der Waals surface area contributed by atoms with E-state index in [-0.39, 0.29) is 0 Å². The molecule has 0 spiro atoms. The Kier molecular flexibility index (Phi) is 3.79. The van der Waals surface area contributed by atoms with Crippen molar-refractivity contribution in [3.8, 4) is 0 Å². The lowest BCUT2D eigenvalue weighted by atomic mass is 9.94. The lowest BCUT2D eigenvalue weighted by molar-refractivity contribution is -0.0507. The van der Waals surface area contributed by atoms with Crippen LogP contribution in [0.25, 0.3) is 0 Å². The number of nitrogens with zero attached hydrogens (tertiary/aromatic N) is 1. The summed E-state index contributed by atoms with van der Waals surface area (Å²) in [6.45, 7) is 6.63. The summed E-state index contributed by atoms with van der Waals surface area (Å²) in [7, 11) is 0. The summed E-state index contributed by atoms with van der Waals surface area (Å²) < 4.78 is 5.20. The van der Waals surface area contributed by atoms with E-state index in [0.29, 0.717) is 0 Å². The topological polar surface area (TPSA) is 38.5 Å². The maximum absolute atomic E-state index is 5.60. The average Bonchev–Trinajstić information content (AvgIpc) is 2.13. The second kappa shape index (κ2) is 5.10. The lowest BCUT2D eigenvalue weighted by Gasteiger charge is -2.37. The quantitative estimate of drug-likeness (QED) is 0.722. The third-order valence-corrected chi connectivity index (χ3v) is 3.40. The number of hydrogen-bond acceptors (Lipinski definition) is 3. The molecule has 2 fully saturated rings. The monoisotopic (exact) mass is 198 g/mol. The van der Waals surface area contributed by atoms with Gasteiger partial charge in [0.25, 0.3) is 0 Å². The zero-order valence-corrected chi connectivity index (χ0v) is 8.95. The highest BCUT2D eigenvalue weighted by atomic mass is 16.5. The first-order valence-electron chi connectivity index (χ1n) is 5.88. The first-order valence-corrected chi connectivity index (χ1v) is 5.88. The van der Waals surface area contributed by atoms with E-state index in [9.17, 15) is 0 Å². The number of hydrogen-bond donors (Lipinski definition) is 1. The zero-order valence-electron chi connectivity index (χ0n) is 8.95. The second-order valence-electron chi connectivity index (χ2n) is 4.75. The number of piperidine rings is 1. The Morgan fingerprint density at radius 1 is 1.29 bits per heavy atom. The highest BCUT2D eigenvalue weighted by Crippen LogP contribution is 2.21. The number of rotatable bonds is 4. The molecule has 2 aliphatic rings. The summed E-state index contributed by atoms with van der Waals surface area (Å²) in [4.78, 5) is 2.61. The molecule has 3 nitrogen and oxygen atoms in total. The molecule has 2 rings (SSSR count). The van der Waals surface area contributed by atoms with Crippen molar-refractivity contribution in [2.45, 2.75) is 19.3 Å². The van der Waals surface area contributed by atoms with Gasteiger partial charge in [-0.15, -0.1) is 0 Å². The van der Waals surface area contributed by atoms with Crippen LogP contribution in [0.2, 0.25) is 0 Å². The van der Waals surface area contributed by atoms with Crippen molar-refractivity contribution in [3.05, 3.63) is 0 Å². The van der Waals surface area contributed by atoms with Gasteiger partial charge in [0.1, 0.15) is 0 Å². The fourth-order valence-corrected chi connectivity index (χ4v) is 2.54. The summed E-state index contributed by atoms with van der Waals surface area (Å²) in [6, 6.07) is 0. The molecular formula is C11H22N2O. The molecule has 0 amide bonds. The zero-order chi connectivity index (χ0) is 9.80. The molecule has 3 heteroatoms. The maximum atomic E-state index is 5.60. The van der Waals surface area contributed by atoms with Crippen LogP contribution in [0.1, 0.15) is 19.3 Å². The van der Waals surface area contributed by atoms with E-state index in [0.717, 1.165) is 31.6 Å². The summed E-state index contributed by atoms with van der Waals surface area (Å²) in [6.07, 6.45) is 3.95. The van der Waals surface area contributed by atoms with Crippen LogP contribution in [0.3, 0.4) is 0 Å². The van der Waals surface area contributed by atoms with Crippen LogP contribution in [-0.2, 0) is 4.74 Å². The predicted octanol–water partition coefficient (Wildman–Crippen LogP) is 0.694. The fraction of sp³-hybridized carbons (Fsp3) is 1.00. The van der Waals surface area contributed by atoms with E-state index in [1.54, 1.807) is 0 Å². The van der Waals surface area contributed by atoms with Gasteiger partial charge in [0.2, 0.25) is 0 Å². The minimum atomic E-state index is 0.812. The van der Waals surface area contributed by atoms with Crippen LogP contribution in [-0.4, -0.2) is 44.3 Å². The first-order chi connectivity index (χ1) is 6.88. The lowest BCUT2D eigenvalue weighted by Crippen LogP contribution is -2.44. The molecule has 2 heterocycles. The van der Waals surface area contributed by atoms with Crippen LogP contribution in [0, 0.1) is 11.8 Å². The molecular weight excluding hydrogens is 176 g/mol. The smallest absolute Gasteiger partial charge is 0.0528 e. The normalized spacial score (nSPS) is 30.2. The van der Waals surface area contributed by atoms with Crippen LogP contribution < -0.4 is 5.73 Å². The van der Waals surface area contributed by atoms with Crippen molar-refractivity contribution in [1.82, 2.24) is 4.90 Å². The summed E-state index contributed by atoms with van der Waals surface area (Å²) >= 11 is 0. The van der Waals surface area contributed by atoms with Crippen molar-refractivity contribution in [2.24, 2.45) is 17.6 Å². The molecule has 2 aliphatic heterocycles. The van der Waals surface area contributed by atoms with Crippen LogP contribution in [0.4, 0.5) is 0 Å². The number of likely N-dealkylation sites (tertiary alicyclic amines) is 1. The molecule has 0 aliphatic carbocycles. The van der Waals surface area contributed by atoms with E-state index in [4.69, 9.17) is 10.5 Å². The molecule has 0 aromatic carbocycles. The van der Waals surface area contributed by atoms with Gasteiger partial charge in [-0.1, -0.05) is 0 Å². The highest BCUT2D eigenvalue weighted by molar-refractivity contribution is 4.77. The molecule has 1 atom stereocenters. The van der Waals surface area contributed by atoms with Crippen molar-refractivity contribution >= 4 is 0 Å². The van der Waals surface area contributed by atoms with Gasteiger partial charge in [-0.2, -0.15) is 0 Å². The fourth-order valence-electron chi connectivity index (χ4n) is 2.54. The Morgan fingerprint density at radius 3 is 2.79 bits per heavy atom. The van der Waals surface area contributed by atoms with E-state index in [1.165, 1.54) is 38.9 Å². The van der Waals surface area contributed by atoms with Gasteiger partial charge in [0.05, 0.1) is 13.2 Å². The summed E-state index contributed by atoms with van der Waals surface area (Å²) in [5.41, 5.74) is 5.60. The Labute approximate surface area is 86.6 Å². The van der Waals surface area contributed by atoms with Crippen LogP contribution in [0.15, 0.2) is 0 Å². The minimum Gasteiger partial charge on any atom is -0.381 e. The van der Waals surface area contributed by atoms with Crippen molar-refractivity contribution in [1.29, 1.82) is 0 Å².